The lowest BCUT2D eigenvalue weighted by Crippen LogP contribution is -2.46. The van der Waals surface area contributed by atoms with E-state index in [0.717, 1.165) is 12.1 Å². The maximum Gasteiger partial charge on any atom is 0.0722 e. The van der Waals surface area contributed by atoms with Gasteiger partial charge in [0.2, 0.25) is 0 Å². The fourth-order valence-electron chi connectivity index (χ4n) is 3.27. The van der Waals surface area contributed by atoms with Gasteiger partial charge in [-0.1, -0.05) is 12.1 Å². The van der Waals surface area contributed by atoms with Gasteiger partial charge in [-0.15, -0.1) is 0 Å². The van der Waals surface area contributed by atoms with Crippen molar-refractivity contribution >= 4 is 16.6 Å². The first-order chi connectivity index (χ1) is 8.90. The molecule has 3 nitrogen and oxygen atoms in total. The Hall–Kier alpha value is -1.61. The van der Waals surface area contributed by atoms with E-state index in [0.29, 0.717) is 6.04 Å². The summed E-state index contributed by atoms with van der Waals surface area (Å²) in [6.45, 7) is 4.87. The molecule has 2 bridgehead atoms. The van der Waals surface area contributed by atoms with Crippen LogP contribution in [0.5, 0.6) is 0 Å². The van der Waals surface area contributed by atoms with E-state index >= 15 is 0 Å². The molecule has 2 aliphatic rings. The van der Waals surface area contributed by atoms with Gasteiger partial charge in [-0.05, 0) is 24.6 Å². The first kappa shape index (κ1) is 10.3. The number of benzene rings is 1. The zero-order chi connectivity index (χ0) is 11.9. The Bertz CT molecular complexity index is 581. The van der Waals surface area contributed by atoms with Crippen LogP contribution in [0.2, 0.25) is 0 Å². The van der Waals surface area contributed by atoms with Crippen molar-refractivity contribution < 1.29 is 0 Å². The monoisotopic (exact) mass is 239 g/mol. The Kier molecular flexibility index (Phi) is 2.27. The molecule has 0 N–H and O–H groups in total. The lowest BCUT2D eigenvalue weighted by atomic mass is 10.1. The van der Waals surface area contributed by atoms with Gasteiger partial charge >= 0.3 is 0 Å². The highest BCUT2D eigenvalue weighted by atomic mass is 15.3. The largest absolute Gasteiger partial charge is 0.366 e. The average Bonchev–Trinajstić information content (AvgIpc) is 2.80. The van der Waals surface area contributed by atoms with Gasteiger partial charge in [0, 0.05) is 49.5 Å². The topological polar surface area (TPSA) is 19.4 Å². The number of rotatable bonds is 1. The van der Waals surface area contributed by atoms with Crippen LogP contribution in [0.25, 0.3) is 10.9 Å². The minimum atomic E-state index is 0.708. The lowest BCUT2D eigenvalue weighted by Gasteiger charge is -2.36. The summed E-state index contributed by atoms with van der Waals surface area (Å²) >= 11 is 0. The highest BCUT2D eigenvalue weighted by Gasteiger charge is 2.32. The quantitative estimate of drug-likeness (QED) is 0.760. The summed E-state index contributed by atoms with van der Waals surface area (Å²) in [7, 11) is 0. The Morgan fingerprint density at radius 3 is 3.11 bits per heavy atom. The second-order valence-electron chi connectivity index (χ2n) is 5.32. The zero-order valence-corrected chi connectivity index (χ0v) is 10.4. The second-order valence-corrected chi connectivity index (χ2v) is 5.32. The number of anilines is 1. The molecule has 18 heavy (non-hydrogen) atoms. The van der Waals surface area contributed by atoms with Crippen LogP contribution < -0.4 is 4.90 Å². The molecule has 2 aliphatic heterocycles. The van der Waals surface area contributed by atoms with Gasteiger partial charge in [-0.3, -0.25) is 9.88 Å². The van der Waals surface area contributed by atoms with Crippen molar-refractivity contribution in [3.8, 4) is 0 Å². The summed E-state index contributed by atoms with van der Waals surface area (Å²) < 4.78 is 0. The van der Waals surface area contributed by atoms with Gasteiger partial charge in [0.05, 0.1) is 5.52 Å². The number of piperazine rings is 1. The van der Waals surface area contributed by atoms with Crippen molar-refractivity contribution in [1.29, 1.82) is 0 Å². The standard InChI is InChI=1S/C15H17N3/c1-2-12-3-4-13(10-15(12)16-6-1)18-9-8-17-7-5-14(18)11-17/h1-4,6,10,14H,5,7-9,11H2. The van der Waals surface area contributed by atoms with E-state index in [2.05, 4.69) is 39.0 Å². The van der Waals surface area contributed by atoms with E-state index < -0.39 is 0 Å². The normalized spacial score (nSPS) is 26.8. The molecule has 1 aromatic heterocycles. The lowest BCUT2D eigenvalue weighted by molar-refractivity contribution is 0.311. The molecule has 3 heterocycles. The summed E-state index contributed by atoms with van der Waals surface area (Å²) in [5, 5.41) is 1.23. The molecular weight excluding hydrogens is 222 g/mol. The van der Waals surface area contributed by atoms with Crippen LogP contribution >= 0.6 is 0 Å². The van der Waals surface area contributed by atoms with E-state index in [9.17, 15) is 0 Å². The van der Waals surface area contributed by atoms with E-state index in [1.807, 2.05) is 12.3 Å². The maximum absolute atomic E-state index is 4.46. The molecule has 1 aromatic carbocycles. The highest BCUT2D eigenvalue weighted by molar-refractivity contribution is 5.82. The van der Waals surface area contributed by atoms with Crippen LogP contribution in [0.1, 0.15) is 6.42 Å². The number of hydrogen-bond acceptors (Lipinski definition) is 3. The Labute approximate surface area is 107 Å². The van der Waals surface area contributed by atoms with Crippen LogP contribution in [0.15, 0.2) is 36.5 Å². The molecule has 3 heteroatoms. The third kappa shape index (κ3) is 1.58. The van der Waals surface area contributed by atoms with Crippen LogP contribution in [0.4, 0.5) is 5.69 Å². The van der Waals surface area contributed by atoms with Gasteiger partial charge in [-0.2, -0.15) is 0 Å². The predicted octanol–water partition coefficient (Wildman–Crippen LogP) is 2.13. The van der Waals surface area contributed by atoms with Gasteiger partial charge in [0.1, 0.15) is 0 Å². The molecule has 92 valence electrons. The molecule has 2 fully saturated rings. The van der Waals surface area contributed by atoms with Crippen molar-refractivity contribution in [2.45, 2.75) is 12.5 Å². The summed E-state index contributed by atoms with van der Waals surface area (Å²) in [5.41, 5.74) is 2.45. The van der Waals surface area contributed by atoms with Crippen molar-refractivity contribution in [3.05, 3.63) is 36.5 Å². The molecule has 2 unspecified atom stereocenters. The molecule has 0 amide bonds. The SMILES string of the molecule is c1cnc2cc(N3CCN4CCC3C4)ccc2c1. The number of hydrogen-bond donors (Lipinski definition) is 0. The molecule has 2 atom stereocenters. The highest BCUT2D eigenvalue weighted by Crippen LogP contribution is 2.28. The van der Waals surface area contributed by atoms with Gasteiger partial charge < -0.3 is 4.90 Å². The molecule has 0 spiro atoms. The van der Waals surface area contributed by atoms with Crippen LogP contribution in [0.3, 0.4) is 0 Å². The van der Waals surface area contributed by atoms with E-state index in [-0.39, 0.29) is 0 Å². The van der Waals surface area contributed by atoms with E-state index in [1.165, 1.54) is 37.1 Å². The van der Waals surface area contributed by atoms with Gasteiger partial charge in [0.25, 0.3) is 0 Å². The fourth-order valence-corrected chi connectivity index (χ4v) is 3.27. The molecule has 0 radical (unpaired) electrons. The Balaban J connectivity index is 1.73. The summed E-state index contributed by atoms with van der Waals surface area (Å²) in [6.07, 6.45) is 3.18. The van der Waals surface area contributed by atoms with E-state index in [4.69, 9.17) is 0 Å². The van der Waals surface area contributed by atoms with Crippen molar-refractivity contribution in [1.82, 2.24) is 9.88 Å². The molecular formula is C15H17N3. The summed E-state index contributed by atoms with van der Waals surface area (Å²) in [5.74, 6) is 0. The molecule has 4 rings (SSSR count). The minimum Gasteiger partial charge on any atom is -0.366 e. The van der Waals surface area contributed by atoms with Gasteiger partial charge in [-0.25, -0.2) is 0 Å². The first-order valence-corrected chi connectivity index (χ1v) is 6.74. The van der Waals surface area contributed by atoms with Crippen LogP contribution in [0, 0.1) is 0 Å². The maximum atomic E-state index is 4.46. The number of aromatic nitrogens is 1. The predicted molar refractivity (Wildman–Crippen MR) is 73.9 cm³/mol. The van der Waals surface area contributed by atoms with Crippen molar-refractivity contribution in [2.24, 2.45) is 0 Å². The second kappa shape index (κ2) is 3.95. The Morgan fingerprint density at radius 2 is 2.11 bits per heavy atom. The summed E-state index contributed by atoms with van der Waals surface area (Å²) in [6, 6.07) is 11.5. The zero-order valence-electron chi connectivity index (χ0n) is 10.4. The summed E-state index contributed by atoms with van der Waals surface area (Å²) in [4.78, 5) is 9.60. The average molecular weight is 239 g/mol. The first-order valence-electron chi connectivity index (χ1n) is 6.74. The minimum absolute atomic E-state index is 0.708. The molecule has 2 saturated heterocycles. The fraction of sp³-hybridized carbons (Fsp3) is 0.400. The number of nitrogens with zero attached hydrogens (tertiary/aromatic N) is 3. The number of pyridine rings is 1. The smallest absolute Gasteiger partial charge is 0.0722 e. The third-order valence-corrected chi connectivity index (χ3v) is 4.27. The number of fused-ring (bicyclic) bond motifs is 3. The molecule has 0 saturated carbocycles. The van der Waals surface area contributed by atoms with Gasteiger partial charge in [0.15, 0.2) is 0 Å². The van der Waals surface area contributed by atoms with Crippen LogP contribution in [-0.4, -0.2) is 42.1 Å². The molecule has 2 aromatic rings. The molecule has 0 aliphatic carbocycles. The van der Waals surface area contributed by atoms with Crippen LogP contribution in [-0.2, 0) is 0 Å². The van der Waals surface area contributed by atoms with Crippen molar-refractivity contribution in [3.63, 3.8) is 0 Å². The van der Waals surface area contributed by atoms with Crippen molar-refractivity contribution in [2.75, 3.05) is 31.1 Å². The third-order valence-electron chi connectivity index (χ3n) is 4.27. The van der Waals surface area contributed by atoms with E-state index in [1.54, 1.807) is 0 Å². The Morgan fingerprint density at radius 1 is 1.11 bits per heavy atom.